The van der Waals surface area contributed by atoms with E-state index in [1.54, 1.807) is 14.2 Å². The van der Waals surface area contributed by atoms with Crippen LogP contribution in [0.5, 0.6) is 0 Å². The summed E-state index contributed by atoms with van der Waals surface area (Å²) in [5, 5.41) is 0. The van der Waals surface area contributed by atoms with Crippen LogP contribution in [-0.4, -0.2) is 20.5 Å². The molecule has 0 aromatic rings. The molecule has 0 aromatic carbocycles. The van der Waals surface area contributed by atoms with Crippen LogP contribution < -0.4 is 0 Å². The second-order valence-corrected chi connectivity index (χ2v) is 7.26. The Kier molecular flexibility index (Phi) is 18.2. The van der Waals surface area contributed by atoms with Gasteiger partial charge in [0.05, 0.1) is 0 Å². The second kappa shape index (κ2) is 18.3. The molecular formula is C21H44O2. The van der Waals surface area contributed by atoms with Gasteiger partial charge in [-0.1, -0.05) is 97.3 Å². The predicted molar refractivity (Wildman–Crippen MR) is 102 cm³/mol. The van der Waals surface area contributed by atoms with Crippen molar-refractivity contribution in [1.82, 2.24) is 0 Å². The fraction of sp³-hybridized carbons (Fsp3) is 1.00. The van der Waals surface area contributed by atoms with Gasteiger partial charge in [-0.15, -0.1) is 0 Å². The van der Waals surface area contributed by atoms with Gasteiger partial charge in [-0.3, -0.25) is 0 Å². The summed E-state index contributed by atoms with van der Waals surface area (Å²) in [5.74, 6) is 0.928. The van der Waals surface area contributed by atoms with Crippen LogP contribution in [0.3, 0.4) is 0 Å². The van der Waals surface area contributed by atoms with Gasteiger partial charge in [-0.25, -0.2) is 0 Å². The number of unbranched alkanes of at least 4 members (excludes halogenated alkanes) is 10. The average Bonchev–Trinajstić information content (AvgIpc) is 2.56. The molecule has 0 amide bonds. The topological polar surface area (TPSA) is 18.5 Å². The van der Waals surface area contributed by atoms with Crippen molar-refractivity contribution in [3.8, 4) is 0 Å². The second-order valence-electron chi connectivity index (χ2n) is 7.26. The Hall–Kier alpha value is -0.0800. The van der Waals surface area contributed by atoms with E-state index in [0.29, 0.717) is 0 Å². The molecule has 0 heterocycles. The van der Waals surface area contributed by atoms with E-state index in [-0.39, 0.29) is 6.29 Å². The van der Waals surface area contributed by atoms with Crippen molar-refractivity contribution >= 4 is 0 Å². The molecule has 1 atom stereocenters. The van der Waals surface area contributed by atoms with Crippen molar-refractivity contribution in [2.75, 3.05) is 14.2 Å². The average molecular weight is 329 g/mol. The molecule has 1 unspecified atom stereocenters. The fourth-order valence-corrected chi connectivity index (χ4v) is 3.26. The zero-order chi connectivity index (χ0) is 17.2. The van der Waals surface area contributed by atoms with E-state index in [4.69, 9.17) is 9.47 Å². The van der Waals surface area contributed by atoms with Crippen molar-refractivity contribution in [3.05, 3.63) is 0 Å². The van der Waals surface area contributed by atoms with Crippen LogP contribution in [0.15, 0.2) is 0 Å². The maximum Gasteiger partial charge on any atom is 0.156 e. The van der Waals surface area contributed by atoms with E-state index < -0.39 is 0 Å². The first-order valence-electron chi connectivity index (χ1n) is 10.3. The van der Waals surface area contributed by atoms with Crippen LogP contribution in [-0.2, 0) is 9.47 Å². The zero-order valence-electron chi connectivity index (χ0n) is 16.6. The summed E-state index contributed by atoms with van der Waals surface area (Å²) in [7, 11) is 3.45. The van der Waals surface area contributed by atoms with Crippen LogP contribution in [0.1, 0.15) is 110 Å². The number of ether oxygens (including phenoxy) is 2. The Morgan fingerprint density at radius 3 is 1.39 bits per heavy atom. The third-order valence-corrected chi connectivity index (χ3v) is 4.96. The van der Waals surface area contributed by atoms with Crippen molar-refractivity contribution in [1.29, 1.82) is 0 Å². The number of hydrogen-bond donors (Lipinski definition) is 0. The molecule has 0 radical (unpaired) electrons. The molecule has 0 aliphatic rings. The van der Waals surface area contributed by atoms with Gasteiger partial charge in [0.2, 0.25) is 0 Å². The fourth-order valence-electron chi connectivity index (χ4n) is 3.26. The molecule has 0 rings (SSSR count). The lowest BCUT2D eigenvalue weighted by atomic mass is 9.96. The molecule has 0 aromatic heterocycles. The maximum atomic E-state index is 5.21. The van der Waals surface area contributed by atoms with Crippen molar-refractivity contribution in [2.24, 2.45) is 5.92 Å². The van der Waals surface area contributed by atoms with E-state index >= 15 is 0 Å². The van der Waals surface area contributed by atoms with Gasteiger partial charge < -0.3 is 9.47 Å². The van der Waals surface area contributed by atoms with E-state index in [0.717, 1.165) is 12.3 Å². The summed E-state index contributed by atoms with van der Waals surface area (Å²) in [4.78, 5) is 0. The lowest BCUT2D eigenvalue weighted by Crippen LogP contribution is -2.12. The van der Waals surface area contributed by atoms with Gasteiger partial charge in [-0.05, 0) is 18.8 Å². The molecule has 0 saturated carbocycles. The molecule has 0 N–H and O–H groups in total. The molecule has 0 fully saturated rings. The number of methoxy groups -OCH3 is 2. The van der Waals surface area contributed by atoms with Crippen LogP contribution >= 0.6 is 0 Å². The minimum absolute atomic E-state index is 0.00278. The normalized spacial score (nSPS) is 12.9. The number of rotatable bonds is 18. The van der Waals surface area contributed by atoms with Gasteiger partial charge in [0, 0.05) is 14.2 Å². The van der Waals surface area contributed by atoms with E-state index in [2.05, 4.69) is 13.8 Å². The molecule has 0 aliphatic carbocycles. The highest BCUT2D eigenvalue weighted by Gasteiger charge is 2.04. The van der Waals surface area contributed by atoms with Crippen LogP contribution in [0.4, 0.5) is 0 Å². The third kappa shape index (κ3) is 16.6. The highest BCUT2D eigenvalue weighted by molar-refractivity contribution is 4.56. The van der Waals surface area contributed by atoms with Crippen molar-refractivity contribution in [2.45, 2.75) is 116 Å². The monoisotopic (exact) mass is 328 g/mol. The van der Waals surface area contributed by atoms with Crippen molar-refractivity contribution in [3.63, 3.8) is 0 Å². The van der Waals surface area contributed by atoms with Gasteiger partial charge in [0.25, 0.3) is 0 Å². The van der Waals surface area contributed by atoms with E-state index in [9.17, 15) is 0 Å². The Balaban J connectivity index is 3.22. The van der Waals surface area contributed by atoms with E-state index in [1.165, 1.54) is 89.9 Å². The third-order valence-electron chi connectivity index (χ3n) is 4.96. The lowest BCUT2D eigenvalue weighted by molar-refractivity contribution is -0.107. The molecule has 0 aliphatic heterocycles. The predicted octanol–water partition coefficient (Wildman–Crippen LogP) is 7.11. The summed E-state index contributed by atoms with van der Waals surface area (Å²) in [6.45, 7) is 4.73. The minimum Gasteiger partial charge on any atom is -0.356 e. The van der Waals surface area contributed by atoms with Crippen LogP contribution in [0.2, 0.25) is 0 Å². The molecule has 0 saturated heterocycles. The highest BCUT2D eigenvalue weighted by Crippen LogP contribution is 2.18. The Bertz CT molecular complexity index is 214. The first-order valence-corrected chi connectivity index (χ1v) is 10.3. The Labute approximate surface area is 146 Å². The quantitative estimate of drug-likeness (QED) is 0.197. The Morgan fingerprint density at radius 2 is 0.957 bits per heavy atom. The van der Waals surface area contributed by atoms with E-state index in [1.807, 2.05) is 0 Å². The zero-order valence-corrected chi connectivity index (χ0v) is 16.6. The smallest absolute Gasteiger partial charge is 0.156 e. The van der Waals surface area contributed by atoms with Gasteiger partial charge in [0.15, 0.2) is 6.29 Å². The number of hydrogen-bond acceptors (Lipinski definition) is 2. The molecule has 23 heavy (non-hydrogen) atoms. The molecule has 2 heteroatoms. The summed E-state index contributed by atoms with van der Waals surface area (Å²) >= 11 is 0. The van der Waals surface area contributed by atoms with Gasteiger partial charge in [0.1, 0.15) is 0 Å². The summed E-state index contributed by atoms with van der Waals surface area (Å²) in [5.41, 5.74) is 0. The molecule has 2 nitrogen and oxygen atoms in total. The molecule has 0 bridgehead atoms. The Morgan fingerprint density at radius 1 is 0.565 bits per heavy atom. The molecule has 140 valence electrons. The largest absolute Gasteiger partial charge is 0.356 e. The summed E-state index contributed by atoms with van der Waals surface area (Å²) in [6, 6.07) is 0. The first kappa shape index (κ1) is 22.9. The standard InChI is InChI=1S/C21H44O2/c1-5-6-7-8-9-11-14-17-20(2)18-15-12-10-13-16-19-21(22-3)23-4/h20-21H,5-19H2,1-4H3. The first-order chi connectivity index (χ1) is 11.2. The lowest BCUT2D eigenvalue weighted by Gasteiger charge is -2.13. The summed E-state index contributed by atoms with van der Waals surface area (Å²) in [6.07, 6.45) is 20.6. The SMILES string of the molecule is CCCCCCCCCC(C)CCCCCCCC(OC)OC. The maximum absolute atomic E-state index is 5.21. The van der Waals surface area contributed by atoms with Gasteiger partial charge in [-0.2, -0.15) is 0 Å². The van der Waals surface area contributed by atoms with Gasteiger partial charge >= 0.3 is 0 Å². The van der Waals surface area contributed by atoms with Crippen molar-refractivity contribution < 1.29 is 9.47 Å². The molecule has 0 spiro atoms. The molecular weight excluding hydrogens is 284 g/mol. The van der Waals surface area contributed by atoms with Crippen LogP contribution in [0, 0.1) is 5.92 Å². The summed E-state index contributed by atoms with van der Waals surface area (Å²) < 4.78 is 10.4. The highest BCUT2D eigenvalue weighted by atomic mass is 16.7. The van der Waals surface area contributed by atoms with Crippen LogP contribution in [0.25, 0.3) is 0 Å². The minimum atomic E-state index is -0.00278.